The van der Waals surface area contributed by atoms with Gasteiger partial charge in [-0.05, 0) is 60.2 Å². The molecule has 0 bridgehead atoms. The molecule has 0 radical (unpaired) electrons. The van der Waals surface area contributed by atoms with Gasteiger partial charge in [0.05, 0.1) is 37.9 Å². The summed E-state index contributed by atoms with van der Waals surface area (Å²) in [7, 11) is 4.58. The van der Waals surface area contributed by atoms with Crippen LogP contribution in [0.4, 0.5) is 4.39 Å². The maximum absolute atomic E-state index is 14.0. The van der Waals surface area contributed by atoms with Gasteiger partial charge in [0.2, 0.25) is 5.75 Å². The molecule has 33 heavy (non-hydrogen) atoms. The Hall–Kier alpha value is -3.84. The second-order valence-electron chi connectivity index (χ2n) is 7.04. The van der Waals surface area contributed by atoms with E-state index < -0.39 is 5.82 Å². The normalized spacial score (nSPS) is 11.2. The maximum atomic E-state index is 14.0. The number of rotatable bonds is 6. The molecule has 0 aliphatic heterocycles. The van der Waals surface area contributed by atoms with Gasteiger partial charge in [-0.3, -0.25) is 9.36 Å². The van der Waals surface area contributed by atoms with E-state index in [1.165, 1.54) is 44.1 Å². The molecule has 0 saturated carbocycles. The first kappa shape index (κ1) is 22.4. The number of aromatic nitrogens is 2. The summed E-state index contributed by atoms with van der Waals surface area (Å²) in [4.78, 5) is 18.0. The van der Waals surface area contributed by atoms with Crippen LogP contribution in [0, 0.1) is 5.82 Å². The highest BCUT2D eigenvalue weighted by molar-refractivity contribution is 6.31. The third kappa shape index (κ3) is 4.40. The van der Waals surface area contributed by atoms with E-state index in [4.69, 9.17) is 25.8 Å². The topological polar surface area (TPSA) is 62.6 Å². The minimum Gasteiger partial charge on any atom is -0.493 e. The van der Waals surface area contributed by atoms with E-state index in [1.54, 1.807) is 48.6 Å². The van der Waals surface area contributed by atoms with Crippen LogP contribution < -0.4 is 19.8 Å². The third-order valence-corrected chi connectivity index (χ3v) is 5.27. The van der Waals surface area contributed by atoms with E-state index in [0.29, 0.717) is 44.7 Å². The van der Waals surface area contributed by atoms with Crippen molar-refractivity contribution in [2.24, 2.45) is 0 Å². The van der Waals surface area contributed by atoms with Crippen molar-refractivity contribution >= 4 is 34.7 Å². The Bertz CT molecular complexity index is 1410. The van der Waals surface area contributed by atoms with Gasteiger partial charge in [0, 0.05) is 5.02 Å². The Morgan fingerprint density at radius 2 is 1.67 bits per heavy atom. The molecule has 0 atom stereocenters. The van der Waals surface area contributed by atoms with E-state index in [1.807, 2.05) is 0 Å². The molecule has 0 amide bonds. The standard InChI is InChI=1S/C25H20ClFN2O4/c1-31-21-11-15(12-22(32-2)24(21)33-3)7-10-23-28-20-13-16(26)8-9-19(20)25(30)29(23)18-6-4-5-17(27)14-18/h4-14H,1-3H3. The van der Waals surface area contributed by atoms with Crippen molar-refractivity contribution in [1.29, 1.82) is 0 Å². The highest BCUT2D eigenvalue weighted by atomic mass is 35.5. The largest absolute Gasteiger partial charge is 0.493 e. The van der Waals surface area contributed by atoms with Crippen molar-refractivity contribution in [2.45, 2.75) is 0 Å². The highest BCUT2D eigenvalue weighted by Gasteiger charge is 2.14. The summed E-state index contributed by atoms with van der Waals surface area (Å²) in [5.41, 5.74) is 1.17. The van der Waals surface area contributed by atoms with Gasteiger partial charge in [-0.1, -0.05) is 23.7 Å². The van der Waals surface area contributed by atoms with Crippen LogP contribution in [0.1, 0.15) is 11.4 Å². The lowest BCUT2D eigenvalue weighted by atomic mass is 10.1. The fourth-order valence-corrected chi connectivity index (χ4v) is 3.69. The molecule has 8 heteroatoms. The average Bonchev–Trinajstić information content (AvgIpc) is 2.81. The smallest absolute Gasteiger partial charge is 0.266 e. The number of hydrogen-bond acceptors (Lipinski definition) is 5. The molecule has 6 nitrogen and oxygen atoms in total. The molecule has 0 aliphatic carbocycles. The van der Waals surface area contributed by atoms with Crippen molar-refractivity contribution in [3.05, 3.63) is 87.2 Å². The zero-order chi connectivity index (χ0) is 23.5. The van der Waals surface area contributed by atoms with Crippen LogP contribution in [0.15, 0.2) is 59.4 Å². The van der Waals surface area contributed by atoms with Crippen LogP contribution in [0.5, 0.6) is 17.2 Å². The van der Waals surface area contributed by atoms with Crippen molar-refractivity contribution in [2.75, 3.05) is 21.3 Å². The molecule has 0 unspecified atom stereocenters. The first-order valence-electron chi connectivity index (χ1n) is 9.91. The molecule has 3 aromatic carbocycles. The summed E-state index contributed by atoms with van der Waals surface area (Å²) in [6.07, 6.45) is 3.41. The second kappa shape index (κ2) is 9.34. The molecule has 0 fully saturated rings. The van der Waals surface area contributed by atoms with Crippen LogP contribution in [0.3, 0.4) is 0 Å². The summed E-state index contributed by atoms with van der Waals surface area (Å²) in [5.74, 6) is 1.27. The fourth-order valence-electron chi connectivity index (χ4n) is 3.52. The van der Waals surface area contributed by atoms with Gasteiger partial charge in [0.25, 0.3) is 5.56 Å². The Labute approximate surface area is 194 Å². The van der Waals surface area contributed by atoms with Crippen molar-refractivity contribution in [1.82, 2.24) is 9.55 Å². The van der Waals surface area contributed by atoms with Crippen LogP contribution >= 0.6 is 11.6 Å². The lowest BCUT2D eigenvalue weighted by molar-refractivity contribution is 0.324. The average molecular weight is 467 g/mol. The van der Waals surface area contributed by atoms with Crippen LogP contribution in [0.25, 0.3) is 28.7 Å². The predicted octanol–water partition coefficient (Wildman–Crippen LogP) is 5.37. The zero-order valence-electron chi connectivity index (χ0n) is 18.1. The number of halogens is 2. The van der Waals surface area contributed by atoms with E-state index in [0.717, 1.165) is 5.56 Å². The number of fused-ring (bicyclic) bond motifs is 1. The first-order chi connectivity index (χ1) is 15.9. The van der Waals surface area contributed by atoms with Crippen LogP contribution in [-0.4, -0.2) is 30.9 Å². The summed E-state index contributed by atoms with van der Waals surface area (Å²) in [5, 5.41) is 0.825. The lowest BCUT2D eigenvalue weighted by Gasteiger charge is -2.13. The second-order valence-corrected chi connectivity index (χ2v) is 7.48. The number of nitrogens with zero attached hydrogens (tertiary/aromatic N) is 2. The van der Waals surface area contributed by atoms with Gasteiger partial charge < -0.3 is 14.2 Å². The number of methoxy groups -OCH3 is 3. The first-order valence-corrected chi connectivity index (χ1v) is 10.3. The fraction of sp³-hybridized carbons (Fsp3) is 0.120. The molecule has 0 aliphatic rings. The van der Waals surface area contributed by atoms with E-state index >= 15 is 0 Å². The van der Waals surface area contributed by atoms with Gasteiger partial charge in [0.15, 0.2) is 11.5 Å². The molecule has 4 rings (SSSR count). The predicted molar refractivity (Wildman–Crippen MR) is 127 cm³/mol. The van der Waals surface area contributed by atoms with E-state index in [-0.39, 0.29) is 5.56 Å². The zero-order valence-corrected chi connectivity index (χ0v) is 18.9. The molecule has 0 N–H and O–H groups in total. The lowest BCUT2D eigenvalue weighted by Crippen LogP contribution is -2.22. The molecule has 168 valence electrons. The van der Waals surface area contributed by atoms with Crippen molar-refractivity contribution in [3.63, 3.8) is 0 Å². The molecule has 4 aromatic rings. The summed E-state index contributed by atoms with van der Waals surface area (Å²) in [6, 6.07) is 14.1. The summed E-state index contributed by atoms with van der Waals surface area (Å²) in [6.45, 7) is 0. The summed E-state index contributed by atoms with van der Waals surface area (Å²) >= 11 is 6.11. The van der Waals surface area contributed by atoms with Gasteiger partial charge in [-0.2, -0.15) is 0 Å². The van der Waals surface area contributed by atoms with E-state index in [9.17, 15) is 9.18 Å². The van der Waals surface area contributed by atoms with E-state index in [2.05, 4.69) is 4.98 Å². The molecular formula is C25H20ClFN2O4. The molecular weight excluding hydrogens is 447 g/mol. The molecule has 0 spiro atoms. The highest BCUT2D eigenvalue weighted by Crippen LogP contribution is 2.38. The Balaban J connectivity index is 1.92. The molecule has 0 saturated heterocycles. The van der Waals surface area contributed by atoms with Gasteiger partial charge in [0.1, 0.15) is 11.6 Å². The van der Waals surface area contributed by atoms with Gasteiger partial charge in [-0.15, -0.1) is 0 Å². The van der Waals surface area contributed by atoms with Crippen LogP contribution in [0.2, 0.25) is 5.02 Å². The quantitative estimate of drug-likeness (QED) is 0.382. The SMILES string of the molecule is COc1cc(C=Cc2nc3cc(Cl)ccc3c(=O)n2-c2cccc(F)c2)cc(OC)c1OC. The number of hydrogen-bond donors (Lipinski definition) is 0. The van der Waals surface area contributed by atoms with Crippen molar-refractivity contribution < 1.29 is 18.6 Å². The maximum Gasteiger partial charge on any atom is 0.266 e. The minimum atomic E-state index is -0.463. The Morgan fingerprint density at radius 1 is 0.939 bits per heavy atom. The molecule has 1 aromatic heterocycles. The summed E-state index contributed by atoms with van der Waals surface area (Å²) < 4.78 is 31.5. The van der Waals surface area contributed by atoms with Gasteiger partial charge in [-0.25, -0.2) is 9.37 Å². The monoisotopic (exact) mass is 466 g/mol. The Morgan fingerprint density at radius 3 is 2.30 bits per heavy atom. The third-order valence-electron chi connectivity index (χ3n) is 5.04. The van der Waals surface area contributed by atoms with Gasteiger partial charge >= 0.3 is 0 Å². The van der Waals surface area contributed by atoms with Crippen LogP contribution in [-0.2, 0) is 0 Å². The Kier molecular flexibility index (Phi) is 6.33. The molecule has 1 heterocycles. The number of ether oxygens (including phenoxy) is 3. The number of benzene rings is 3. The van der Waals surface area contributed by atoms with Crippen molar-refractivity contribution in [3.8, 4) is 22.9 Å². The minimum absolute atomic E-state index is 0.300.